The first-order valence-electron chi connectivity index (χ1n) is 12.6. The van der Waals surface area contributed by atoms with E-state index in [9.17, 15) is 9.59 Å². The van der Waals surface area contributed by atoms with Crippen LogP contribution < -0.4 is 5.32 Å². The predicted molar refractivity (Wildman–Crippen MR) is 145 cm³/mol. The summed E-state index contributed by atoms with van der Waals surface area (Å²) in [5.41, 5.74) is 3.68. The molecule has 1 N–H and O–H groups in total. The molecular weight excluding hydrogens is 470 g/mol. The summed E-state index contributed by atoms with van der Waals surface area (Å²) in [7, 11) is 0. The van der Waals surface area contributed by atoms with Crippen LogP contribution in [-0.2, 0) is 19.5 Å². The number of benzene rings is 2. The monoisotopic (exact) mass is 505 g/mol. The summed E-state index contributed by atoms with van der Waals surface area (Å²) in [5.74, 6) is -0.0331. The van der Waals surface area contributed by atoms with E-state index in [2.05, 4.69) is 46.4 Å². The number of anilines is 1. The van der Waals surface area contributed by atoms with Crippen LogP contribution in [0.5, 0.6) is 0 Å². The third-order valence-electron chi connectivity index (χ3n) is 6.51. The van der Waals surface area contributed by atoms with Crippen molar-refractivity contribution in [1.29, 1.82) is 0 Å². The van der Waals surface area contributed by atoms with Crippen LogP contribution in [0.4, 0.5) is 10.5 Å². The maximum absolute atomic E-state index is 13.1. The number of amides is 3. The number of thiazole rings is 1. The molecule has 0 saturated carbocycles. The van der Waals surface area contributed by atoms with E-state index in [-0.39, 0.29) is 18.0 Å². The van der Waals surface area contributed by atoms with Gasteiger partial charge < -0.3 is 15.1 Å². The van der Waals surface area contributed by atoms with E-state index in [0.717, 1.165) is 42.3 Å². The van der Waals surface area contributed by atoms with Gasteiger partial charge in [0.25, 0.3) is 5.91 Å². The van der Waals surface area contributed by atoms with E-state index in [1.165, 1.54) is 16.9 Å². The average Bonchev–Trinajstić information content (AvgIpc) is 3.37. The maximum atomic E-state index is 13.1. The zero-order chi connectivity index (χ0) is 25.5. The molecule has 2 aromatic carbocycles. The Balaban J connectivity index is 1.34. The van der Waals surface area contributed by atoms with Crippen LogP contribution in [0.3, 0.4) is 0 Å². The van der Waals surface area contributed by atoms with Gasteiger partial charge in [0.1, 0.15) is 10.7 Å². The molecule has 1 aromatic heterocycles. The molecule has 0 spiro atoms. The van der Waals surface area contributed by atoms with Crippen LogP contribution in [-0.4, -0.2) is 63.8 Å². The fourth-order valence-electron chi connectivity index (χ4n) is 4.37. The Labute approximate surface area is 217 Å². The zero-order valence-electron chi connectivity index (χ0n) is 21.3. The second-order valence-electron chi connectivity index (χ2n) is 9.34. The molecule has 1 saturated heterocycles. The number of piperazine rings is 1. The Kier molecular flexibility index (Phi) is 8.72. The minimum Gasteiger partial charge on any atom is -0.335 e. The molecule has 0 aliphatic carbocycles. The number of hydrogen-bond donors (Lipinski definition) is 1. The number of carbonyl (C=O) groups is 2. The Hall–Kier alpha value is -3.23. The predicted octanol–water partition coefficient (Wildman–Crippen LogP) is 5.11. The van der Waals surface area contributed by atoms with Crippen molar-refractivity contribution in [2.45, 2.75) is 46.3 Å². The van der Waals surface area contributed by atoms with E-state index < -0.39 is 0 Å². The normalized spacial score (nSPS) is 14.2. The standard InChI is InChI=1S/C28H35N5O2S/c1-4-23-12-8-9-13-24(23)30-28(35)33(21(2)3)19-26-29-25(20-36-26)27(34)32-16-14-31(15-17-32)18-22-10-6-5-7-11-22/h5-13,20-21H,4,14-19H2,1-3H3,(H,30,35). The minimum absolute atomic E-state index is 0.0143. The smallest absolute Gasteiger partial charge is 0.322 e. The molecule has 0 unspecified atom stereocenters. The number of nitrogens with one attached hydrogen (secondary N) is 1. The van der Waals surface area contributed by atoms with E-state index in [1.807, 2.05) is 54.5 Å². The molecule has 1 aliphatic rings. The summed E-state index contributed by atoms with van der Waals surface area (Å²) in [4.78, 5) is 36.8. The molecule has 1 aliphatic heterocycles. The van der Waals surface area contributed by atoms with Crippen LogP contribution in [0.25, 0.3) is 0 Å². The van der Waals surface area contributed by atoms with Gasteiger partial charge in [-0.05, 0) is 37.5 Å². The zero-order valence-corrected chi connectivity index (χ0v) is 22.1. The first kappa shape index (κ1) is 25.9. The molecule has 3 amide bonds. The number of urea groups is 1. The summed E-state index contributed by atoms with van der Waals surface area (Å²) in [6, 6.07) is 18.1. The lowest BCUT2D eigenvalue weighted by Crippen LogP contribution is -2.48. The van der Waals surface area contributed by atoms with Gasteiger partial charge in [-0.1, -0.05) is 55.5 Å². The SMILES string of the molecule is CCc1ccccc1NC(=O)N(Cc1nc(C(=O)N2CCN(Cc3ccccc3)CC2)cs1)C(C)C. The lowest BCUT2D eigenvalue weighted by Gasteiger charge is -2.34. The lowest BCUT2D eigenvalue weighted by atomic mass is 10.1. The highest BCUT2D eigenvalue weighted by atomic mass is 32.1. The van der Waals surface area contributed by atoms with Crippen LogP contribution in [0.15, 0.2) is 60.0 Å². The topological polar surface area (TPSA) is 68.8 Å². The van der Waals surface area contributed by atoms with Crippen LogP contribution >= 0.6 is 11.3 Å². The maximum Gasteiger partial charge on any atom is 0.322 e. The van der Waals surface area contributed by atoms with Gasteiger partial charge >= 0.3 is 6.03 Å². The van der Waals surface area contributed by atoms with Gasteiger partial charge in [0.15, 0.2) is 0 Å². The number of aromatic nitrogens is 1. The lowest BCUT2D eigenvalue weighted by molar-refractivity contribution is 0.0623. The van der Waals surface area contributed by atoms with Crippen molar-refractivity contribution in [2.75, 3.05) is 31.5 Å². The summed E-state index contributed by atoms with van der Waals surface area (Å²) >= 11 is 1.43. The molecular formula is C28H35N5O2S. The summed E-state index contributed by atoms with van der Waals surface area (Å²) in [6.45, 7) is 10.4. The quantitative estimate of drug-likeness (QED) is 0.462. The van der Waals surface area contributed by atoms with Crippen molar-refractivity contribution >= 4 is 29.0 Å². The van der Waals surface area contributed by atoms with Crippen molar-refractivity contribution in [1.82, 2.24) is 19.7 Å². The summed E-state index contributed by atoms with van der Waals surface area (Å²) in [5, 5.41) is 5.62. The van der Waals surface area contributed by atoms with Gasteiger partial charge in [0.2, 0.25) is 0 Å². The Morgan fingerprint density at radius 3 is 2.42 bits per heavy atom. The Bertz CT molecular complexity index is 1160. The molecule has 1 fully saturated rings. The first-order valence-corrected chi connectivity index (χ1v) is 13.5. The Morgan fingerprint density at radius 2 is 1.72 bits per heavy atom. The van der Waals surface area contributed by atoms with Gasteiger partial charge in [-0.25, -0.2) is 9.78 Å². The fraction of sp³-hybridized carbons (Fsp3) is 0.393. The highest BCUT2D eigenvalue weighted by molar-refractivity contribution is 7.09. The molecule has 36 heavy (non-hydrogen) atoms. The third kappa shape index (κ3) is 6.50. The van der Waals surface area contributed by atoms with Gasteiger partial charge in [0, 0.05) is 49.8 Å². The molecule has 0 bridgehead atoms. The number of para-hydroxylation sites is 1. The second-order valence-corrected chi connectivity index (χ2v) is 10.3. The molecule has 8 heteroatoms. The molecule has 0 radical (unpaired) electrons. The summed E-state index contributed by atoms with van der Waals surface area (Å²) < 4.78 is 0. The second kappa shape index (κ2) is 12.1. The first-order chi connectivity index (χ1) is 17.4. The molecule has 4 rings (SSSR count). The third-order valence-corrected chi connectivity index (χ3v) is 7.34. The van der Waals surface area contributed by atoms with Crippen molar-refractivity contribution in [3.8, 4) is 0 Å². The molecule has 190 valence electrons. The number of hydrogen-bond acceptors (Lipinski definition) is 5. The van der Waals surface area contributed by atoms with E-state index >= 15 is 0 Å². The number of aryl methyl sites for hydroxylation is 1. The van der Waals surface area contributed by atoms with E-state index in [0.29, 0.717) is 25.3 Å². The molecule has 7 nitrogen and oxygen atoms in total. The van der Waals surface area contributed by atoms with Crippen molar-refractivity contribution in [3.05, 3.63) is 81.8 Å². The van der Waals surface area contributed by atoms with Crippen LogP contribution in [0.1, 0.15) is 47.4 Å². The van der Waals surface area contributed by atoms with E-state index in [1.54, 1.807) is 4.90 Å². The van der Waals surface area contributed by atoms with Gasteiger partial charge in [-0.15, -0.1) is 11.3 Å². The van der Waals surface area contributed by atoms with Crippen LogP contribution in [0, 0.1) is 0 Å². The summed E-state index contributed by atoms with van der Waals surface area (Å²) in [6.07, 6.45) is 0.844. The van der Waals surface area contributed by atoms with Gasteiger partial charge in [-0.3, -0.25) is 9.69 Å². The molecule has 0 atom stereocenters. The molecule has 2 heterocycles. The fourth-order valence-corrected chi connectivity index (χ4v) is 5.13. The van der Waals surface area contributed by atoms with Gasteiger partial charge in [0.05, 0.1) is 6.54 Å². The number of nitrogens with zero attached hydrogens (tertiary/aromatic N) is 4. The highest BCUT2D eigenvalue weighted by Crippen LogP contribution is 2.20. The highest BCUT2D eigenvalue weighted by Gasteiger charge is 2.25. The van der Waals surface area contributed by atoms with Gasteiger partial charge in [-0.2, -0.15) is 0 Å². The Morgan fingerprint density at radius 1 is 1.03 bits per heavy atom. The number of rotatable bonds is 8. The largest absolute Gasteiger partial charge is 0.335 e. The van der Waals surface area contributed by atoms with Crippen LogP contribution in [0.2, 0.25) is 0 Å². The number of carbonyl (C=O) groups excluding carboxylic acids is 2. The average molecular weight is 506 g/mol. The minimum atomic E-state index is -0.163. The van der Waals surface area contributed by atoms with Crippen molar-refractivity contribution < 1.29 is 9.59 Å². The van der Waals surface area contributed by atoms with Crippen molar-refractivity contribution in [3.63, 3.8) is 0 Å². The van der Waals surface area contributed by atoms with E-state index in [4.69, 9.17) is 0 Å². The molecule has 3 aromatic rings. The van der Waals surface area contributed by atoms with Crippen molar-refractivity contribution in [2.24, 2.45) is 0 Å².